The third-order valence-electron chi connectivity index (χ3n) is 7.64. The maximum atomic E-state index is 13.1. The van der Waals surface area contributed by atoms with E-state index in [4.69, 9.17) is 9.47 Å². The van der Waals surface area contributed by atoms with Crippen molar-refractivity contribution in [1.82, 2.24) is 25.2 Å². The highest BCUT2D eigenvalue weighted by atomic mass is 16.5. The van der Waals surface area contributed by atoms with Crippen molar-refractivity contribution in [2.75, 3.05) is 73.9 Å². The lowest BCUT2D eigenvalue weighted by atomic mass is 10.2. The van der Waals surface area contributed by atoms with E-state index < -0.39 is 0 Å². The summed E-state index contributed by atoms with van der Waals surface area (Å²) in [4.78, 5) is 45.8. The maximum Gasteiger partial charge on any atom is 0.266 e. The van der Waals surface area contributed by atoms with Crippen LogP contribution >= 0.6 is 0 Å². The van der Waals surface area contributed by atoms with Gasteiger partial charge < -0.3 is 35.2 Å². The molecule has 1 aromatic carbocycles. The van der Waals surface area contributed by atoms with Crippen LogP contribution in [-0.4, -0.2) is 85.2 Å². The molecule has 2 bridgehead atoms. The number of nitrogens with one attached hydrogen (secondary N) is 3. The Morgan fingerprint density at radius 1 is 1.02 bits per heavy atom. The van der Waals surface area contributed by atoms with Crippen LogP contribution in [-0.2, 0) is 4.79 Å². The fourth-order valence-corrected chi connectivity index (χ4v) is 5.22. The van der Waals surface area contributed by atoms with E-state index in [9.17, 15) is 9.59 Å². The first-order valence-corrected chi connectivity index (χ1v) is 14.4. The van der Waals surface area contributed by atoms with Crippen molar-refractivity contribution in [3.05, 3.63) is 54.4 Å². The summed E-state index contributed by atoms with van der Waals surface area (Å²) in [6.07, 6.45) is 7.37. The number of pyridine rings is 1. The molecule has 2 aromatic heterocycles. The molecule has 5 heterocycles. The van der Waals surface area contributed by atoms with Crippen LogP contribution in [0.25, 0.3) is 0 Å². The number of amides is 2. The Labute approximate surface area is 249 Å². The highest BCUT2D eigenvalue weighted by Crippen LogP contribution is 2.34. The molecule has 13 nitrogen and oxygen atoms in total. The Balaban J connectivity index is 1.30. The minimum atomic E-state index is -0.364. The van der Waals surface area contributed by atoms with Crippen molar-refractivity contribution in [2.45, 2.75) is 19.3 Å². The smallest absolute Gasteiger partial charge is 0.266 e. The molecule has 0 spiro atoms. The number of hydrogen-bond acceptors (Lipinski definition) is 11. The van der Waals surface area contributed by atoms with Gasteiger partial charge in [-0.2, -0.15) is 4.98 Å². The molecule has 1 saturated heterocycles. The zero-order valence-electron chi connectivity index (χ0n) is 24.3. The number of ether oxygens (including phenoxy) is 2. The molecule has 0 aliphatic carbocycles. The maximum absolute atomic E-state index is 13.1. The van der Waals surface area contributed by atoms with Crippen LogP contribution in [0.4, 0.5) is 34.8 Å². The number of rotatable bonds is 4. The molecule has 3 aromatic rings. The summed E-state index contributed by atoms with van der Waals surface area (Å²) in [5.41, 5.74) is 2.00. The van der Waals surface area contributed by atoms with E-state index in [2.05, 4.69) is 47.7 Å². The fourth-order valence-electron chi connectivity index (χ4n) is 5.22. The van der Waals surface area contributed by atoms with E-state index in [0.717, 1.165) is 62.6 Å². The normalized spacial score (nSPS) is 18.3. The summed E-state index contributed by atoms with van der Waals surface area (Å²) in [7, 11) is 3.78. The second kappa shape index (κ2) is 12.5. The van der Waals surface area contributed by atoms with E-state index >= 15 is 0 Å². The number of carbonyl (C=O) groups is 2. The molecule has 3 N–H and O–H groups in total. The number of allylic oxidation sites excluding steroid dienone is 1. The number of nitrogens with zero attached hydrogens (tertiary/aromatic N) is 6. The van der Waals surface area contributed by atoms with E-state index in [0.29, 0.717) is 23.9 Å². The van der Waals surface area contributed by atoms with E-state index in [-0.39, 0.29) is 35.8 Å². The summed E-state index contributed by atoms with van der Waals surface area (Å²) in [5.74, 6) is 2.15. The summed E-state index contributed by atoms with van der Waals surface area (Å²) in [6, 6.07) is 9.38. The van der Waals surface area contributed by atoms with Crippen LogP contribution in [0.15, 0.2) is 48.8 Å². The minimum Gasteiger partial charge on any atom is -0.495 e. The fraction of sp³-hybridized carbons (Fsp3) is 0.367. The molecule has 0 unspecified atom stereocenters. The van der Waals surface area contributed by atoms with Gasteiger partial charge >= 0.3 is 0 Å². The number of aromatic nitrogens is 3. The topological polar surface area (TPSA) is 137 Å². The van der Waals surface area contributed by atoms with E-state index in [1.807, 2.05) is 24.3 Å². The molecule has 2 amide bonds. The molecule has 13 heteroatoms. The van der Waals surface area contributed by atoms with Gasteiger partial charge in [-0.05, 0) is 50.6 Å². The third kappa shape index (κ3) is 6.31. The molecule has 3 aliphatic heterocycles. The summed E-state index contributed by atoms with van der Waals surface area (Å²) >= 11 is 0. The zero-order valence-corrected chi connectivity index (χ0v) is 24.3. The Kier molecular flexibility index (Phi) is 8.22. The SMILES string of the molecule is COc1cc(Nc2ncc3c(n2)Nc2ccc4c(n2)N(CCCC/C=C\NC3=O)C(=O)CO4)ccc1N1CCN(C)CC1. The second-order valence-electron chi connectivity index (χ2n) is 10.6. The molecule has 43 heavy (non-hydrogen) atoms. The molecule has 224 valence electrons. The van der Waals surface area contributed by atoms with Gasteiger partial charge in [-0.1, -0.05) is 6.08 Å². The molecule has 3 aliphatic rings. The molecule has 1 fully saturated rings. The molecular formula is C30H35N9O4. The predicted molar refractivity (Wildman–Crippen MR) is 164 cm³/mol. The predicted octanol–water partition coefficient (Wildman–Crippen LogP) is 3.27. The molecule has 6 rings (SSSR count). The van der Waals surface area contributed by atoms with Crippen LogP contribution in [0.2, 0.25) is 0 Å². The van der Waals surface area contributed by atoms with Gasteiger partial charge in [-0.15, -0.1) is 0 Å². The second-order valence-corrected chi connectivity index (χ2v) is 10.6. The van der Waals surface area contributed by atoms with Gasteiger partial charge in [0, 0.05) is 56.9 Å². The first-order chi connectivity index (χ1) is 21.0. The summed E-state index contributed by atoms with van der Waals surface area (Å²) in [6.45, 7) is 4.32. The minimum absolute atomic E-state index is 0.0218. The quantitative estimate of drug-likeness (QED) is 0.416. The lowest BCUT2D eigenvalue weighted by Crippen LogP contribution is -2.44. The van der Waals surface area contributed by atoms with Crippen LogP contribution in [0, 0.1) is 0 Å². The summed E-state index contributed by atoms with van der Waals surface area (Å²) < 4.78 is 11.3. The Bertz CT molecular complexity index is 1540. The highest BCUT2D eigenvalue weighted by molar-refractivity contribution is 6.00. The zero-order chi connectivity index (χ0) is 29.8. The number of benzene rings is 1. The van der Waals surface area contributed by atoms with E-state index in [1.165, 1.54) is 6.20 Å². The number of hydrogen-bond donors (Lipinski definition) is 3. The highest BCUT2D eigenvalue weighted by Gasteiger charge is 2.27. The van der Waals surface area contributed by atoms with Crippen molar-refractivity contribution in [3.8, 4) is 11.5 Å². The number of fused-ring (bicyclic) bond motifs is 2. The van der Waals surface area contributed by atoms with Gasteiger partial charge in [-0.25, -0.2) is 9.97 Å². The monoisotopic (exact) mass is 585 g/mol. The van der Waals surface area contributed by atoms with Gasteiger partial charge in [0.15, 0.2) is 18.2 Å². The Hall–Kier alpha value is -4.91. The van der Waals surface area contributed by atoms with Crippen LogP contribution in [0.5, 0.6) is 11.5 Å². The average Bonchev–Trinajstić information content (AvgIpc) is 3.02. The lowest BCUT2D eigenvalue weighted by molar-refractivity contribution is -0.121. The van der Waals surface area contributed by atoms with Crippen molar-refractivity contribution in [2.24, 2.45) is 0 Å². The van der Waals surface area contributed by atoms with Gasteiger partial charge in [0.05, 0.1) is 12.8 Å². The molecule has 0 radical (unpaired) electrons. The van der Waals surface area contributed by atoms with Gasteiger partial charge in [-0.3, -0.25) is 14.5 Å². The van der Waals surface area contributed by atoms with Crippen molar-refractivity contribution in [3.63, 3.8) is 0 Å². The number of anilines is 6. The van der Waals surface area contributed by atoms with Crippen molar-refractivity contribution >= 4 is 46.6 Å². The Morgan fingerprint density at radius 2 is 1.88 bits per heavy atom. The van der Waals surface area contributed by atoms with Gasteiger partial charge in [0.2, 0.25) is 5.95 Å². The third-order valence-corrected chi connectivity index (χ3v) is 7.64. The number of piperazine rings is 1. The molecular weight excluding hydrogens is 550 g/mol. The largest absolute Gasteiger partial charge is 0.495 e. The van der Waals surface area contributed by atoms with Crippen molar-refractivity contribution in [1.29, 1.82) is 0 Å². The van der Waals surface area contributed by atoms with Gasteiger partial charge in [0.25, 0.3) is 11.8 Å². The van der Waals surface area contributed by atoms with Crippen LogP contribution in [0.3, 0.4) is 0 Å². The van der Waals surface area contributed by atoms with Crippen molar-refractivity contribution < 1.29 is 19.1 Å². The molecule has 0 atom stereocenters. The average molecular weight is 586 g/mol. The first-order valence-electron chi connectivity index (χ1n) is 14.4. The number of likely N-dealkylation sites (N-methyl/N-ethyl adjacent to an activating group) is 1. The van der Waals surface area contributed by atoms with Gasteiger partial charge in [0.1, 0.15) is 22.9 Å². The number of carbonyl (C=O) groups excluding carboxylic acids is 2. The standard InChI is InChI=1S/C30H35N9O4/c1-37-13-15-38(16-14-37)22-8-7-20(17-24(22)42-2)33-30-32-18-21-27(36-30)34-25-10-9-23-28(35-25)39(26(40)19-43-23)12-6-4-3-5-11-31-29(21)41/h5,7-11,17-18H,3-4,6,12-16,19H2,1-2H3,(H,31,41)(H2,32,33,34,35,36)/b11-5-. The number of methoxy groups -OCH3 is 1. The summed E-state index contributed by atoms with van der Waals surface area (Å²) in [5, 5.41) is 9.19. The van der Waals surface area contributed by atoms with E-state index in [1.54, 1.807) is 30.3 Å². The lowest BCUT2D eigenvalue weighted by Gasteiger charge is -2.34. The Morgan fingerprint density at radius 3 is 2.72 bits per heavy atom. The van der Waals surface area contributed by atoms with Crippen LogP contribution < -0.4 is 35.2 Å². The first kappa shape index (κ1) is 28.2. The molecule has 0 saturated carbocycles. The van der Waals surface area contributed by atoms with Crippen LogP contribution in [0.1, 0.15) is 29.6 Å².